The highest BCUT2D eigenvalue weighted by molar-refractivity contribution is 5.38. The van der Waals surface area contributed by atoms with Gasteiger partial charge in [-0.1, -0.05) is 12.1 Å². The molecule has 0 radical (unpaired) electrons. The molecule has 0 aliphatic heterocycles. The van der Waals surface area contributed by atoms with Crippen LogP contribution in [0.1, 0.15) is 23.2 Å². The van der Waals surface area contributed by atoms with E-state index in [0.717, 1.165) is 36.1 Å². The number of benzene rings is 1. The van der Waals surface area contributed by atoms with E-state index in [9.17, 15) is 0 Å². The van der Waals surface area contributed by atoms with Crippen LogP contribution >= 0.6 is 0 Å². The Morgan fingerprint density at radius 2 is 2.17 bits per heavy atom. The van der Waals surface area contributed by atoms with Gasteiger partial charge in [-0.2, -0.15) is 0 Å². The predicted molar refractivity (Wildman–Crippen MR) is 66.5 cm³/mol. The first-order valence-corrected chi connectivity index (χ1v) is 6.07. The smallest absolute Gasteiger partial charge is 0.225 e. The maximum atomic E-state index is 9.10. The summed E-state index contributed by atoms with van der Waals surface area (Å²) >= 11 is 0. The maximum absolute atomic E-state index is 9.10. The average Bonchev–Trinajstić information content (AvgIpc) is 2.88. The van der Waals surface area contributed by atoms with E-state index in [4.69, 9.17) is 9.84 Å². The van der Waals surface area contributed by atoms with E-state index < -0.39 is 0 Å². The molecule has 1 aromatic carbocycles. The van der Waals surface area contributed by atoms with Gasteiger partial charge >= 0.3 is 0 Å². The van der Waals surface area contributed by atoms with E-state index in [1.165, 1.54) is 0 Å². The third-order valence-electron chi connectivity index (χ3n) is 3.13. The molecule has 1 aliphatic rings. The van der Waals surface area contributed by atoms with Gasteiger partial charge in [0.1, 0.15) is 12.1 Å². The molecule has 3 rings (SSSR count). The summed E-state index contributed by atoms with van der Waals surface area (Å²) in [4.78, 5) is 8.47. The zero-order valence-corrected chi connectivity index (χ0v) is 9.97. The van der Waals surface area contributed by atoms with Gasteiger partial charge in [0.2, 0.25) is 5.88 Å². The Kier molecular flexibility index (Phi) is 2.94. The molecule has 0 saturated carbocycles. The second kappa shape index (κ2) is 4.74. The maximum Gasteiger partial charge on any atom is 0.225 e. The van der Waals surface area contributed by atoms with Crippen LogP contribution in [-0.2, 0) is 19.4 Å². The third-order valence-corrected chi connectivity index (χ3v) is 3.13. The van der Waals surface area contributed by atoms with E-state index in [-0.39, 0.29) is 6.61 Å². The van der Waals surface area contributed by atoms with Crippen molar-refractivity contribution in [3.8, 4) is 11.6 Å². The van der Waals surface area contributed by atoms with Gasteiger partial charge in [-0.3, -0.25) is 0 Å². The lowest BCUT2D eigenvalue weighted by Gasteiger charge is -2.09. The number of aryl methyl sites for hydroxylation is 1. The summed E-state index contributed by atoms with van der Waals surface area (Å²) in [6.07, 6.45) is 4.65. The summed E-state index contributed by atoms with van der Waals surface area (Å²) in [5, 5.41) is 9.10. The summed E-state index contributed by atoms with van der Waals surface area (Å²) in [6.45, 7) is 0.0130. The van der Waals surface area contributed by atoms with Crippen molar-refractivity contribution in [1.29, 1.82) is 0 Å². The van der Waals surface area contributed by atoms with Crippen LogP contribution in [0, 0.1) is 0 Å². The third kappa shape index (κ3) is 2.07. The topological polar surface area (TPSA) is 55.2 Å². The lowest BCUT2D eigenvalue weighted by Crippen LogP contribution is -1.97. The Labute approximate surface area is 105 Å². The van der Waals surface area contributed by atoms with E-state index in [2.05, 4.69) is 9.97 Å². The zero-order chi connectivity index (χ0) is 12.4. The first-order valence-electron chi connectivity index (χ1n) is 6.07. The predicted octanol–water partition coefficient (Wildman–Crippen LogP) is 2.25. The van der Waals surface area contributed by atoms with E-state index in [0.29, 0.717) is 11.6 Å². The van der Waals surface area contributed by atoms with Gasteiger partial charge in [-0.15, -0.1) is 0 Å². The summed E-state index contributed by atoms with van der Waals surface area (Å²) in [6, 6.07) is 7.41. The Balaban J connectivity index is 1.90. The number of hydrogen-bond donors (Lipinski definition) is 1. The van der Waals surface area contributed by atoms with Crippen molar-refractivity contribution in [2.24, 2.45) is 0 Å². The van der Waals surface area contributed by atoms with Crippen molar-refractivity contribution >= 4 is 0 Å². The average molecular weight is 242 g/mol. The number of ether oxygens (including phenoxy) is 1. The minimum atomic E-state index is 0.0130. The molecule has 2 aromatic rings. The largest absolute Gasteiger partial charge is 0.439 e. The molecule has 1 aliphatic carbocycles. The van der Waals surface area contributed by atoms with Crippen LogP contribution in [0.3, 0.4) is 0 Å². The van der Waals surface area contributed by atoms with Crippen LogP contribution in [0.2, 0.25) is 0 Å². The van der Waals surface area contributed by atoms with Crippen molar-refractivity contribution < 1.29 is 9.84 Å². The van der Waals surface area contributed by atoms with Crippen molar-refractivity contribution in [3.05, 3.63) is 47.4 Å². The normalized spacial score (nSPS) is 13.4. The molecule has 0 amide bonds. The molecule has 0 saturated heterocycles. The van der Waals surface area contributed by atoms with E-state index >= 15 is 0 Å². The highest BCUT2D eigenvalue weighted by Gasteiger charge is 2.18. The molecule has 0 fully saturated rings. The van der Waals surface area contributed by atoms with Gasteiger partial charge in [0.05, 0.1) is 12.3 Å². The Morgan fingerprint density at radius 1 is 1.22 bits per heavy atom. The molecule has 1 N–H and O–H groups in total. The summed E-state index contributed by atoms with van der Waals surface area (Å²) < 4.78 is 5.80. The number of hydrogen-bond acceptors (Lipinski definition) is 4. The number of aliphatic hydroxyl groups excluding tert-OH is 1. The molecule has 1 heterocycles. The number of nitrogens with zero attached hydrogens (tertiary/aromatic N) is 2. The number of fused-ring (bicyclic) bond motifs is 1. The molecule has 92 valence electrons. The Bertz CT molecular complexity index is 569. The number of aliphatic hydroxyl groups is 1. The second-order valence-corrected chi connectivity index (χ2v) is 4.37. The molecule has 0 bridgehead atoms. The highest BCUT2D eigenvalue weighted by Crippen LogP contribution is 2.30. The first-order chi connectivity index (χ1) is 8.86. The molecule has 0 unspecified atom stereocenters. The molecule has 0 spiro atoms. The van der Waals surface area contributed by atoms with Crippen molar-refractivity contribution in [3.63, 3.8) is 0 Å². The lowest BCUT2D eigenvalue weighted by atomic mass is 10.2. The van der Waals surface area contributed by atoms with Crippen molar-refractivity contribution in [1.82, 2.24) is 9.97 Å². The van der Waals surface area contributed by atoms with Crippen LogP contribution in [0.25, 0.3) is 0 Å². The molecule has 4 nitrogen and oxygen atoms in total. The van der Waals surface area contributed by atoms with Crippen LogP contribution in [0.15, 0.2) is 30.6 Å². The van der Waals surface area contributed by atoms with Gasteiger partial charge in [0.15, 0.2) is 0 Å². The quantitative estimate of drug-likeness (QED) is 0.896. The standard InChI is InChI=1S/C14H14N2O2/c17-8-10-3-1-4-11(7-10)18-14-12-5-2-6-13(12)15-9-16-14/h1,3-4,7,9,17H,2,5-6,8H2. The Morgan fingerprint density at radius 3 is 3.06 bits per heavy atom. The van der Waals surface area contributed by atoms with Crippen LogP contribution in [-0.4, -0.2) is 15.1 Å². The van der Waals surface area contributed by atoms with Crippen LogP contribution < -0.4 is 4.74 Å². The highest BCUT2D eigenvalue weighted by atomic mass is 16.5. The molecule has 0 atom stereocenters. The van der Waals surface area contributed by atoms with Gasteiger partial charge in [-0.05, 0) is 37.0 Å². The molecule has 4 heteroatoms. The van der Waals surface area contributed by atoms with E-state index in [1.807, 2.05) is 24.3 Å². The summed E-state index contributed by atoms with van der Waals surface area (Å²) in [5.41, 5.74) is 3.04. The van der Waals surface area contributed by atoms with Gasteiger partial charge in [-0.25, -0.2) is 9.97 Å². The minimum Gasteiger partial charge on any atom is -0.439 e. The summed E-state index contributed by atoms with van der Waals surface area (Å²) in [5.74, 6) is 1.35. The SMILES string of the molecule is OCc1cccc(Oc2ncnc3c2CCC3)c1. The molecular weight excluding hydrogens is 228 g/mol. The number of rotatable bonds is 3. The van der Waals surface area contributed by atoms with Gasteiger partial charge in [0, 0.05) is 5.56 Å². The first kappa shape index (κ1) is 11.2. The monoisotopic (exact) mass is 242 g/mol. The van der Waals surface area contributed by atoms with Crippen molar-refractivity contribution in [2.75, 3.05) is 0 Å². The lowest BCUT2D eigenvalue weighted by molar-refractivity contribution is 0.281. The zero-order valence-electron chi connectivity index (χ0n) is 9.97. The molecule has 1 aromatic heterocycles. The van der Waals surface area contributed by atoms with Gasteiger partial charge < -0.3 is 9.84 Å². The van der Waals surface area contributed by atoms with Crippen LogP contribution in [0.5, 0.6) is 11.6 Å². The van der Waals surface area contributed by atoms with Crippen LogP contribution in [0.4, 0.5) is 0 Å². The second-order valence-electron chi connectivity index (χ2n) is 4.37. The van der Waals surface area contributed by atoms with Gasteiger partial charge in [0.25, 0.3) is 0 Å². The Hall–Kier alpha value is -1.94. The minimum absolute atomic E-state index is 0.0130. The number of aromatic nitrogens is 2. The molecule has 18 heavy (non-hydrogen) atoms. The fourth-order valence-corrected chi connectivity index (χ4v) is 2.24. The summed E-state index contributed by atoms with van der Waals surface area (Å²) in [7, 11) is 0. The fraction of sp³-hybridized carbons (Fsp3) is 0.286. The van der Waals surface area contributed by atoms with E-state index in [1.54, 1.807) is 6.33 Å². The molecular formula is C14H14N2O2. The fourth-order valence-electron chi connectivity index (χ4n) is 2.24. The van der Waals surface area contributed by atoms with Crippen molar-refractivity contribution in [2.45, 2.75) is 25.9 Å².